The maximum absolute atomic E-state index is 14.0. The van der Waals surface area contributed by atoms with E-state index in [1.165, 1.54) is 44.0 Å². The monoisotopic (exact) mass is 1530 g/mol. The van der Waals surface area contributed by atoms with Crippen molar-refractivity contribution in [1.29, 1.82) is 0 Å². The van der Waals surface area contributed by atoms with E-state index in [-0.39, 0.29) is 74.2 Å². The molecule has 510 valence electrons. The predicted octanol–water partition coefficient (Wildman–Crippen LogP) is 18.8. The number of aryl methyl sites for hydroxylation is 4. The molecule has 4 aliphatic carbocycles. The Morgan fingerprint density at radius 3 is 1.18 bits per heavy atom. The standard InChI is InChI=1S/C15H15BrFN3O.C15H16FN3O.C13H13BrFN3.C9H5BrClFN2.C8H19N.C5H10O.C4H9N.ClH/c1-8-14(20-15(2)5-6-15)19-13-10(18-8)4-3-9(17)12(13)11(21)7-16;1-8-14(19-15(3)6-7-15)18-13-11(17-8)5-4-10(16)12(13)9(2)20;1-7-12(18-13(2)5-6-13)17-11-9(16-7)4-3-8(15)10(11)14;1-4-9(11)14-8-6(13-4)3-2-5(12)7(8)10;1-6-9(7(2)3)8(4)5;1-4-6-5(2)3;1-4(5)2-3-4;/h3-4H,5-7H2,1-2H3,(H,19,20);4-5H,6-7H2,1-3H3,(H,18,19);3-4H,5-6H2,1-2H3,(H,17,18);2-3H,1H3;7-8H,6H2,1-5H3;2,4H2,1,3H3;2-3,5H2,1H3;1H. The van der Waals surface area contributed by atoms with Crippen LogP contribution < -0.4 is 21.7 Å². The molecule has 0 bridgehead atoms. The quantitative estimate of drug-likeness (QED) is 0.0345. The van der Waals surface area contributed by atoms with Crippen LogP contribution in [0, 0.1) is 51.0 Å². The molecule has 4 saturated carbocycles. The fourth-order valence-corrected chi connectivity index (χ4v) is 10.5. The second kappa shape index (κ2) is 33.4. The van der Waals surface area contributed by atoms with Gasteiger partial charge in [-0.15, -0.1) is 12.4 Å². The highest BCUT2D eigenvalue weighted by molar-refractivity contribution is 9.11. The molecule has 0 spiro atoms. The number of hydrogen-bond donors (Lipinski definition) is 4. The number of anilines is 3. The van der Waals surface area contributed by atoms with Gasteiger partial charge in [0.2, 0.25) is 0 Å². The molecule has 4 aromatic heterocycles. The number of rotatable bonds is 14. The molecule has 0 amide bonds. The van der Waals surface area contributed by atoms with Crippen molar-refractivity contribution in [3.63, 3.8) is 0 Å². The molecule has 25 heteroatoms. The first-order valence-corrected chi connectivity index (χ1v) is 34.2. The number of nitrogens with two attached hydrogens (primary N) is 1. The van der Waals surface area contributed by atoms with Gasteiger partial charge in [-0.3, -0.25) is 14.5 Å². The number of fused-ring (bicyclic) bond motifs is 4. The molecule has 12 rings (SSSR count). The maximum Gasteiger partial charge on any atom is 0.178 e. The number of halogens is 9. The van der Waals surface area contributed by atoms with E-state index in [1.54, 1.807) is 31.2 Å². The number of nitrogens with zero attached hydrogens (tertiary/aromatic N) is 9. The van der Waals surface area contributed by atoms with Crippen LogP contribution in [0.2, 0.25) is 5.15 Å². The molecule has 0 saturated heterocycles. The Kier molecular flexibility index (Phi) is 28.0. The molecule has 5 N–H and O–H groups in total. The Bertz CT molecular complexity index is 4030. The highest BCUT2D eigenvalue weighted by Crippen LogP contribution is 2.41. The number of nitrogens with one attached hydrogen (secondary N) is 3. The zero-order valence-electron chi connectivity index (χ0n) is 56.5. The first-order valence-electron chi connectivity index (χ1n) is 31.1. The number of ether oxygens (including phenoxy) is 1. The van der Waals surface area contributed by atoms with Gasteiger partial charge in [-0.25, -0.2) is 57.4 Å². The molecule has 0 atom stereocenters. The molecule has 4 heterocycles. The minimum Gasteiger partial charge on any atom is -0.499 e. The number of ketones is 2. The summed E-state index contributed by atoms with van der Waals surface area (Å²) >= 11 is 15.2. The molecule has 0 radical (unpaired) electrons. The van der Waals surface area contributed by atoms with Gasteiger partial charge < -0.3 is 26.4 Å². The number of alkyl halides is 1. The Labute approximate surface area is 586 Å². The van der Waals surface area contributed by atoms with E-state index >= 15 is 0 Å². The summed E-state index contributed by atoms with van der Waals surface area (Å²) in [7, 11) is 0. The molecule has 4 aromatic carbocycles. The second-order valence-electron chi connectivity index (χ2n) is 25.6. The first kappa shape index (κ1) is 78.9. The van der Waals surface area contributed by atoms with Gasteiger partial charge in [-0.1, -0.05) is 41.0 Å². The van der Waals surface area contributed by atoms with Crippen LogP contribution in [-0.2, 0) is 4.74 Å². The third-order valence-electron chi connectivity index (χ3n) is 15.8. The minimum absolute atomic E-state index is 0. The van der Waals surface area contributed by atoms with Crippen molar-refractivity contribution in [1.82, 2.24) is 44.8 Å². The summed E-state index contributed by atoms with van der Waals surface area (Å²) in [5, 5.41) is 10.4. The molecule has 0 unspecified atom stereocenters. The van der Waals surface area contributed by atoms with Crippen molar-refractivity contribution in [2.45, 2.75) is 196 Å². The Morgan fingerprint density at radius 1 is 0.574 bits per heavy atom. The molecule has 94 heavy (non-hydrogen) atoms. The molecule has 16 nitrogen and oxygen atoms in total. The van der Waals surface area contributed by atoms with Crippen molar-refractivity contribution in [3.05, 3.63) is 132 Å². The summed E-state index contributed by atoms with van der Waals surface area (Å²) in [6.07, 6.45) is 9.03. The average molecular weight is 1530 g/mol. The fraction of sp³-hybridized carbons (Fsp3) is 0.478. The summed E-state index contributed by atoms with van der Waals surface area (Å²) in [6.45, 7) is 37.5. The van der Waals surface area contributed by atoms with Gasteiger partial charge in [0.1, 0.15) is 62.8 Å². The van der Waals surface area contributed by atoms with E-state index < -0.39 is 11.6 Å². The van der Waals surface area contributed by atoms with Gasteiger partial charge in [-0.05, 0) is 242 Å². The van der Waals surface area contributed by atoms with E-state index in [0.717, 1.165) is 80.3 Å². The Balaban J connectivity index is 0.000000207. The number of aromatic nitrogens is 8. The van der Waals surface area contributed by atoms with E-state index in [1.807, 2.05) is 34.6 Å². The number of carbonyl (C=O) groups is 2. The number of carbonyl (C=O) groups excluding carboxylic acids is 2. The second-order valence-corrected chi connectivity index (χ2v) is 28.1. The average Bonchev–Trinajstić information content (AvgIpc) is 1.65. The lowest BCUT2D eigenvalue weighted by Crippen LogP contribution is -2.36. The Morgan fingerprint density at radius 2 is 0.894 bits per heavy atom. The van der Waals surface area contributed by atoms with Gasteiger partial charge in [-0.2, -0.15) is 0 Å². The van der Waals surface area contributed by atoms with Crippen LogP contribution >= 0.6 is 71.8 Å². The van der Waals surface area contributed by atoms with Crippen LogP contribution in [0.15, 0.2) is 69.8 Å². The summed E-state index contributed by atoms with van der Waals surface area (Å²) < 4.78 is 60.0. The molecule has 4 fully saturated rings. The van der Waals surface area contributed by atoms with Crippen LogP contribution in [0.1, 0.15) is 178 Å². The summed E-state index contributed by atoms with van der Waals surface area (Å²) in [4.78, 5) is 61.1. The van der Waals surface area contributed by atoms with Crippen LogP contribution in [0.3, 0.4) is 0 Å². The topological polar surface area (TPSA) is 212 Å². The van der Waals surface area contributed by atoms with Crippen molar-refractivity contribution < 1.29 is 31.9 Å². The third-order valence-corrected chi connectivity index (χ3v) is 18.2. The van der Waals surface area contributed by atoms with E-state index in [9.17, 15) is 27.2 Å². The van der Waals surface area contributed by atoms with Crippen LogP contribution in [0.5, 0.6) is 0 Å². The van der Waals surface area contributed by atoms with E-state index in [0.29, 0.717) is 87.6 Å². The lowest BCUT2D eigenvalue weighted by molar-refractivity contribution is 0.100. The van der Waals surface area contributed by atoms with E-state index in [4.69, 9.17) is 22.1 Å². The fourth-order valence-electron chi connectivity index (χ4n) is 9.24. The van der Waals surface area contributed by atoms with Gasteiger partial charge in [0.25, 0.3) is 0 Å². The normalized spacial score (nSPS) is 15.1. The van der Waals surface area contributed by atoms with Gasteiger partial charge in [0.15, 0.2) is 16.7 Å². The number of benzene rings is 4. The highest BCUT2D eigenvalue weighted by Gasteiger charge is 2.40. The maximum atomic E-state index is 14.0. The number of hydrogen-bond acceptors (Lipinski definition) is 16. The number of Topliss-reactive ketones (excluding diaryl/α,β-unsaturated/α-hetero) is 2. The molecule has 8 aromatic rings. The van der Waals surface area contributed by atoms with E-state index in [2.05, 4.69) is 177 Å². The summed E-state index contributed by atoms with van der Waals surface area (Å²) in [5.41, 5.74) is 13.0. The van der Waals surface area contributed by atoms with Crippen molar-refractivity contribution >= 4 is 145 Å². The first-order chi connectivity index (χ1) is 43.5. The van der Waals surface area contributed by atoms with Crippen LogP contribution in [0.25, 0.3) is 44.1 Å². The van der Waals surface area contributed by atoms with Gasteiger partial charge >= 0.3 is 0 Å². The Hall–Kier alpha value is -5.82. The van der Waals surface area contributed by atoms with Crippen molar-refractivity contribution in [2.24, 2.45) is 5.73 Å². The minimum atomic E-state index is -0.561. The predicted molar refractivity (Wildman–Crippen MR) is 387 cm³/mol. The SMILES string of the molecule is C=C(C)OCC.CC(=O)c1c(F)ccc2nc(C)c(NC3(C)CC3)nc12.CC1(N)CC1.CCN(C(C)C)C(C)C.Cc1nc2ccc(F)c(Br)c2nc1Cl.Cc1nc2ccc(F)c(Br)c2nc1NC1(C)CC1.Cc1nc2ccc(F)c(C(=O)CBr)c2nc1NC1(C)CC1.Cl. The van der Waals surface area contributed by atoms with Crippen molar-refractivity contribution in [2.75, 3.05) is 34.4 Å². The van der Waals surface area contributed by atoms with Gasteiger partial charge in [0.05, 0.1) is 82.6 Å². The van der Waals surface area contributed by atoms with Crippen molar-refractivity contribution in [3.8, 4) is 0 Å². The van der Waals surface area contributed by atoms with Crippen LogP contribution in [-0.4, -0.2) is 109 Å². The lowest BCUT2D eigenvalue weighted by Gasteiger charge is -2.28. The molecular weight excluding hydrogens is 1450 g/mol. The lowest BCUT2D eigenvalue weighted by atomic mass is 10.1. The third kappa shape index (κ3) is 22.1. The summed E-state index contributed by atoms with van der Waals surface area (Å²) in [5.74, 6) is 0.319. The summed E-state index contributed by atoms with van der Waals surface area (Å²) in [6, 6.07) is 13.0. The zero-order valence-corrected chi connectivity index (χ0v) is 62.8. The molecule has 0 aliphatic heterocycles. The smallest absolute Gasteiger partial charge is 0.178 e. The zero-order chi connectivity index (χ0) is 69.2. The van der Waals surface area contributed by atoms with Gasteiger partial charge in [0, 0.05) is 34.2 Å². The molecular formula is C69H88Br3Cl2F4N13O3. The van der Waals surface area contributed by atoms with Crippen LogP contribution in [0.4, 0.5) is 35.0 Å². The molecule has 4 aliphatic rings. The largest absolute Gasteiger partial charge is 0.499 e. The highest BCUT2D eigenvalue weighted by atomic mass is 79.9. The number of allylic oxidation sites excluding steroid dienone is 1.